The van der Waals surface area contributed by atoms with E-state index in [9.17, 15) is 0 Å². The van der Waals surface area contributed by atoms with E-state index in [1.54, 1.807) is 6.20 Å². The smallest absolute Gasteiger partial charge is 0.0645 e. The highest BCUT2D eigenvalue weighted by Crippen LogP contribution is 2.08. The minimum atomic E-state index is 0.783. The second-order valence-electron chi connectivity index (χ2n) is 4.76. The largest absolute Gasteiger partial charge is 0.380 e. The van der Waals surface area contributed by atoms with E-state index in [2.05, 4.69) is 41.6 Å². The van der Waals surface area contributed by atoms with Crippen LogP contribution in [0, 0.1) is 0 Å². The Hall–Kier alpha value is -1.65. The molecule has 0 amide bonds. The van der Waals surface area contributed by atoms with Crippen LogP contribution in [-0.2, 0) is 11.3 Å². The van der Waals surface area contributed by atoms with Gasteiger partial charge in [-0.05, 0) is 30.2 Å². The molecule has 108 valence electrons. The quantitative estimate of drug-likeness (QED) is 0.714. The molecule has 0 saturated carbocycles. The highest BCUT2D eigenvalue weighted by atomic mass is 16.5. The van der Waals surface area contributed by atoms with Crippen LogP contribution in [0.5, 0.6) is 0 Å². The Morgan fingerprint density at radius 2 is 2.05 bits per heavy atom. The molecule has 0 atom stereocenters. The molecule has 0 aliphatic carbocycles. The Morgan fingerprint density at radius 3 is 2.75 bits per heavy atom. The van der Waals surface area contributed by atoms with E-state index >= 15 is 0 Å². The molecule has 0 aliphatic rings. The molecule has 0 radical (unpaired) electrons. The summed E-state index contributed by atoms with van der Waals surface area (Å²) in [5, 5.41) is 7.60. The lowest BCUT2D eigenvalue weighted by Crippen LogP contribution is -2.19. The average Bonchev–Trinajstić information content (AvgIpc) is 3.01. The zero-order chi connectivity index (χ0) is 14.0. The highest BCUT2D eigenvalue weighted by molar-refractivity contribution is 5.33. The molecule has 0 unspecified atom stereocenters. The number of unbranched alkanes of at least 4 members (excludes halogenated alkanes) is 1. The maximum atomic E-state index is 5.51. The van der Waals surface area contributed by atoms with Gasteiger partial charge in [-0.15, -0.1) is 0 Å². The normalized spacial score (nSPS) is 10.8. The van der Waals surface area contributed by atoms with E-state index in [0.29, 0.717) is 0 Å². The molecular formula is C16H23N3O. The van der Waals surface area contributed by atoms with Gasteiger partial charge in [-0.2, -0.15) is 5.10 Å². The minimum absolute atomic E-state index is 0.783. The lowest BCUT2D eigenvalue weighted by molar-refractivity contribution is 0.133. The van der Waals surface area contributed by atoms with Gasteiger partial charge < -0.3 is 10.1 Å². The molecule has 2 aromatic rings. The maximum Gasteiger partial charge on any atom is 0.0645 e. The van der Waals surface area contributed by atoms with Crippen molar-refractivity contribution in [1.82, 2.24) is 15.1 Å². The summed E-state index contributed by atoms with van der Waals surface area (Å²) >= 11 is 0. The third-order valence-corrected chi connectivity index (χ3v) is 3.10. The van der Waals surface area contributed by atoms with Crippen LogP contribution in [0.3, 0.4) is 0 Å². The number of nitrogens with zero attached hydrogens (tertiary/aromatic N) is 2. The van der Waals surface area contributed by atoms with Crippen LogP contribution >= 0.6 is 0 Å². The van der Waals surface area contributed by atoms with Crippen LogP contribution in [-0.4, -0.2) is 29.5 Å². The number of ether oxygens (including phenoxy) is 1. The zero-order valence-corrected chi connectivity index (χ0v) is 12.1. The van der Waals surface area contributed by atoms with Crippen molar-refractivity contribution in [1.29, 1.82) is 0 Å². The number of rotatable bonds is 9. The summed E-state index contributed by atoms with van der Waals surface area (Å²) in [7, 11) is 0. The summed E-state index contributed by atoms with van der Waals surface area (Å²) < 4.78 is 7.37. The van der Waals surface area contributed by atoms with Gasteiger partial charge >= 0.3 is 0 Å². The van der Waals surface area contributed by atoms with Gasteiger partial charge in [0.1, 0.15) is 0 Å². The average molecular weight is 273 g/mol. The second kappa shape index (κ2) is 8.51. The van der Waals surface area contributed by atoms with Gasteiger partial charge in [0, 0.05) is 32.1 Å². The first-order chi connectivity index (χ1) is 9.90. The Labute approximate surface area is 120 Å². The second-order valence-corrected chi connectivity index (χ2v) is 4.76. The van der Waals surface area contributed by atoms with Crippen LogP contribution < -0.4 is 5.32 Å². The molecular weight excluding hydrogens is 250 g/mol. The molecule has 1 aromatic carbocycles. The third-order valence-electron chi connectivity index (χ3n) is 3.10. The first-order valence-electron chi connectivity index (χ1n) is 7.27. The third kappa shape index (κ3) is 4.79. The molecule has 0 saturated heterocycles. The van der Waals surface area contributed by atoms with Crippen LogP contribution in [0.2, 0.25) is 0 Å². The standard InChI is InChI=1S/C16H23N3O/c1-2-3-12-20-13-10-17-14-15-5-7-16(8-6-15)19-11-4-9-18-19/h4-9,11,17H,2-3,10,12-14H2,1H3. The van der Waals surface area contributed by atoms with Gasteiger partial charge in [0.25, 0.3) is 0 Å². The van der Waals surface area contributed by atoms with Crippen LogP contribution in [0.15, 0.2) is 42.7 Å². The van der Waals surface area contributed by atoms with E-state index in [-0.39, 0.29) is 0 Å². The SMILES string of the molecule is CCCCOCCNCc1ccc(-n2cccn2)cc1. The molecule has 4 nitrogen and oxygen atoms in total. The summed E-state index contributed by atoms with van der Waals surface area (Å²) in [5.74, 6) is 0. The van der Waals surface area contributed by atoms with Crippen molar-refractivity contribution >= 4 is 0 Å². The van der Waals surface area contributed by atoms with Crippen molar-refractivity contribution in [3.8, 4) is 5.69 Å². The Kier molecular flexibility index (Phi) is 6.27. The molecule has 1 N–H and O–H groups in total. The number of benzene rings is 1. The van der Waals surface area contributed by atoms with E-state index in [0.717, 1.165) is 38.4 Å². The van der Waals surface area contributed by atoms with E-state index in [4.69, 9.17) is 4.74 Å². The van der Waals surface area contributed by atoms with Crippen molar-refractivity contribution in [3.63, 3.8) is 0 Å². The summed E-state index contributed by atoms with van der Waals surface area (Å²) in [6.45, 7) is 5.60. The lowest BCUT2D eigenvalue weighted by Gasteiger charge is -2.07. The molecule has 0 fully saturated rings. The van der Waals surface area contributed by atoms with Crippen LogP contribution in [0.4, 0.5) is 0 Å². The topological polar surface area (TPSA) is 39.1 Å². The number of nitrogens with one attached hydrogen (secondary N) is 1. The van der Waals surface area contributed by atoms with Crippen molar-refractivity contribution < 1.29 is 4.74 Å². The van der Waals surface area contributed by atoms with Crippen molar-refractivity contribution in [2.24, 2.45) is 0 Å². The minimum Gasteiger partial charge on any atom is -0.380 e. The molecule has 0 aliphatic heterocycles. The fraction of sp³-hybridized carbons (Fsp3) is 0.438. The van der Waals surface area contributed by atoms with Crippen molar-refractivity contribution in [3.05, 3.63) is 48.3 Å². The summed E-state index contributed by atoms with van der Waals surface area (Å²) in [5.41, 5.74) is 2.36. The molecule has 0 spiro atoms. The van der Waals surface area contributed by atoms with Crippen molar-refractivity contribution in [2.45, 2.75) is 26.3 Å². The molecule has 1 heterocycles. The van der Waals surface area contributed by atoms with Gasteiger partial charge in [0.05, 0.1) is 12.3 Å². The first kappa shape index (κ1) is 14.8. The fourth-order valence-electron chi connectivity index (χ4n) is 1.91. The summed E-state index contributed by atoms with van der Waals surface area (Å²) in [6, 6.07) is 10.3. The fourth-order valence-corrected chi connectivity index (χ4v) is 1.91. The Bertz CT molecular complexity index is 465. The highest BCUT2D eigenvalue weighted by Gasteiger charge is 1.97. The van der Waals surface area contributed by atoms with Crippen LogP contribution in [0.25, 0.3) is 5.69 Å². The molecule has 20 heavy (non-hydrogen) atoms. The number of hydrogen-bond donors (Lipinski definition) is 1. The van der Waals surface area contributed by atoms with Gasteiger partial charge in [0.15, 0.2) is 0 Å². The van der Waals surface area contributed by atoms with Gasteiger partial charge in [-0.25, -0.2) is 4.68 Å². The molecule has 1 aromatic heterocycles. The maximum absolute atomic E-state index is 5.51. The van der Waals surface area contributed by atoms with Crippen molar-refractivity contribution in [2.75, 3.05) is 19.8 Å². The predicted molar refractivity (Wildman–Crippen MR) is 81.0 cm³/mol. The van der Waals surface area contributed by atoms with Crippen LogP contribution in [0.1, 0.15) is 25.3 Å². The molecule has 0 bridgehead atoms. The van der Waals surface area contributed by atoms with Gasteiger partial charge in [-0.1, -0.05) is 25.5 Å². The Balaban J connectivity index is 1.67. The lowest BCUT2D eigenvalue weighted by atomic mass is 10.2. The molecule has 4 heteroatoms. The number of aromatic nitrogens is 2. The van der Waals surface area contributed by atoms with E-state index < -0.39 is 0 Å². The van der Waals surface area contributed by atoms with E-state index in [1.165, 1.54) is 12.0 Å². The first-order valence-corrected chi connectivity index (χ1v) is 7.27. The monoisotopic (exact) mass is 273 g/mol. The zero-order valence-electron chi connectivity index (χ0n) is 12.1. The number of hydrogen-bond acceptors (Lipinski definition) is 3. The molecule has 2 rings (SSSR count). The predicted octanol–water partition coefficient (Wildman–Crippen LogP) is 2.78. The van der Waals surface area contributed by atoms with E-state index in [1.807, 2.05) is 16.9 Å². The Morgan fingerprint density at radius 1 is 1.20 bits per heavy atom. The summed E-state index contributed by atoms with van der Waals surface area (Å²) in [6.07, 6.45) is 6.07. The van der Waals surface area contributed by atoms with Gasteiger partial charge in [0.2, 0.25) is 0 Å². The summed E-state index contributed by atoms with van der Waals surface area (Å²) in [4.78, 5) is 0. The van der Waals surface area contributed by atoms with Gasteiger partial charge in [-0.3, -0.25) is 0 Å².